The van der Waals surface area contributed by atoms with E-state index in [2.05, 4.69) is 30.7 Å². The van der Waals surface area contributed by atoms with Gasteiger partial charge < -0.3 is 14.9 Å². The van der Waals surface area contributed by atoms with Crippen molar-refractivity contribution >= 4 is 17.6 Å². The highest BCUT2D eigenvalue weighted by Crippen LogP contribution is 2.45. The number of aliphatic imine (C=N–C) groups is 2. The zero-order valence-corrected chi connectivity index (χ0v) is 24.9. The Morgan fingerprint density at radius 1 is 0.923 bits per heavy atom. The van der Waals surface area contributed by atoms with Gasteiger partial charge in [-0.3, -0.25) is 14.8 Å². The Morgan fingerprint density at radius 3 is 2.41 bits per heavy atom. The van der Waals surface area contributed by atoms with E-state index in [-0.39, 0.29) is 5.92 Å². The van der Waals surface area contributed by atoms with Crippen molar-refractivity contribution in [2.45, 2.75) is 141 Å². The summed E-state index contributed by atoms with van der Waals surface area (Å²) in [7, 11) is 2.33. The normalized spacial score (nSPS) is 42.5. The summed E-state index contributed by atoms with van der Waals surface area (Å²) in [5.41, 5.74) is 0. The first-order chi connectivity index (χ1) is 18.9. The molecule has 6 nitrogen and oxygen atoms in total. The van der Waals surface area contributed by atoms with Gasteiger partial charge >= 0.3 is 5.97 Å². The highest BCUT2D eigenvalue weighted by molar-refractivity contribution is 5.88. The molecule has 6 aliphatic rings. The fourth-order valence-electron chi connectivity index (χ4n) is 9.97. The van der Waals surface area contributed by atoms with Gasteiger partial charge in [0.05, 0.1) is 35.9 Å². The van der Waals surface area contributed by atoms with Gasteiger partial charge in [0, 0.05) is 25.9 Å². The van der Waals surface area contributed by atoms with Gasteiger partial charge in [-0.15, -0.1) is 0 Å². The molecule has 218 valence electrons. The molecule has 0 saturated heterocycles. The lowest BCUT2D eigenvalue weighted by Crippen LogP contribution is -2.51. The fourth-order valence-corrected chi connectivity index (χ4v) is 9.97. The van der Waals surface area contributed by atoms with Crippen LogP contribution in [0.3, 0.4) is 0 Å². The van der Waals surface area contributed by atoms with Gasteiger partial charge in [-0.25, -0.2) is 0 Å². The molecule has 0 aromatic carbocycles. The summed E-state index contributed by atoms with van der Waals surface area (Å²) in [4.78, 5) is 28.1. The third kappa shape index (κ3) is 5.39. The van der Waals surface area contributed by atoms with Crippen LogP contribution in [0.1, 0.15) is 117 Å². The molecule has 0 spiro atoms. The molecule has 0 bridgehead atoms. The fraction of sp³-hybridized carbons (Fsp3) is 0.909. The van der Waals surface area contributed by atoms with Crippen molar-refractivity contribution in [1.82, 2.24) is 9.80 Å². The Balaban J connectivity index is 1.12. The lowest BCUT2D eigenvalue weighted by molar-refractivity contribution is -0.146. The highest BCUT2D eigenvalue weighted by atomic mass is 16.4. The lowest BCUT2D eigenvalue weighted by Gasteiger charge is -2.44. The molecule has 39 heavy (non-hydrogen) atoms. The number of carboxylic acid groups (broad SMARTS) is 1. The lowest BCUT2D eigenvalue weighted by atomic mass is 9.66. The van der Waals surface area contributed by atoms with Crippen LogP contribution < -0.4 is 0 Å². The van der Waals surface area contributed by atoms with E-state index < -0.39 is 5.97 Å². The average Bonchev–Trinajstić information content (AvgIpc) is 3.47. The van der Waals surface area contributed by atoms with E-state index in [4.69, 9.17) is 9.98 Å². The summed E-state index contributed by atoms with van der Waals surface area (Å²) in [6, 6.07) is 2.17. The molecule has 0 aromatic heterocycles. The summed E-state index contributed by atoms with van der Waals surface area (Å²) in [5, 5.41) is 9.84. The van der Waals surface area contributed by atoms with Crippen molar-refractivity contribution in [3.05, 3.63) is 0 Å². The number of amidine groups is 2. The van der Waals surface area contributed by atoms with E-state index in [9.17, 15) is 9.90 Å². The largest absolute Gasteiger partial charge is 0.481 e. The van der Waals surface area contributed by atoms with Crippen molar-refractivity contribution in [2.24, 2.45) is 45.5 Å². The summed E-state index contributed by atoms with van der Waals surface area (Å²) in [6.45, 7) is 5.91. The predicted octanol–water partition coefficient (Wildman–Crippen LogP) is 6.64. The molecule has 8 unspecified atom stereocenters. The van der Waals surface area contributed by atoms with Crippen LogP contribution in [0.5, 0.6) is 0 Å². The number of carboxylic acids is 1. The van der Waals surface area contributed by atoms with E-state index in [1.165, 1.54) is 82.3 Å². The van der Waals surface area contributed by atoms with Crippen LogP contribution in [-0.4, -0.2) is 70.3 Å². The number of carbonyl (C=O) groups is 1. The smallest absolute Gasteiger partial charge is 0.306 e. The third-order valence-electron chi connectivity index (χ3n) is 12.0. The second-order valence-electron chi connectivity index (χ2n) is 14.3. The second-order valence-corrected chi connectivity index (χ2v) is 14.3. The molecule has 4 saturated carbocycles. The quantitative estimate of drug-likeness (QED) is 0.395. The minimum absolute atomic E-state index is 0.0935. The van der Waals surface area contributed by atoms with E-state index in [0.717, 1.165) is 44.6 Å². The Morgan fingerprint density at radius 2 is 1.67 bits per heavy atom. The molecule has 6 heteroatoms. The predicted molar refractivity (Wildman–Crippen MR) is 158 cm³/mol. The SMILES string of the molecule is CCCC1=NC2C(C)CC(C3=NC4CCCCC4N3C)CC2N1CC1CCC(C2CCCCC2C(=O)O)CC1. The van der Waals surface area contributed by atoms with Crippen LogP contribution in [0.25, 0.3) is 0 Å². The van der Waals surface area contributed by atoms with Crippen molar-refractivity contribution in [3.63, 3.8) is 0 Å². The Labute approximate surface area is 237 Å². The van der Waals surface area contributed by atoms with Crippen molar-refractivity contribution in [2.75, 3.05) is 13.6 Å². The van der Waals surface area contributed by atoms with Crippen molar-refractivity contribution in [1.29, 1.82) is 0 Å². The minimum atomic E-state index is -0.539. The average molecular weight is 539 g/mol. The zero-order chi connectivity index (χ0) is 27.1. The zero-order valence-electron chi connectivity index (χ0n) is 24.9. The second kappa shape index (κ2) is 11.7. The summed E-state index contributed by atoms with van der Waals surface area (Å²) < 4.78 is 0. The number of hydrogen-bond donors (Lipinski definition) is 1. The van der Waals surface area contributed by atoms with Gasteiger partial charge in [-0.2, -0.15) is 0 Å². The molecule has 8 atom stereocenters. The molecule has 4 aliphatic carbocycles. The maximum atomic E-state index is 11.9. The van der Waals surface area contributed by atoms with Gasteiger partial charge in [0.15, 0.2) is 0 Å². The van der Waals surface area contributed by atoms with E-state index >= 15 is 0 Å². The van der Waals surface area contributed by atoms with Gasteiger partial charge in [-0.1, -0.05) is 39.5 Å². The van der Waals surface area contributed by atoms with Crippen LogP contribution in [-0.2, 0) is 4.79 Å². The standard InChI is InChI=1S/C33H54N4O2/c1-4-9-30-35-31-21(2)18-24(32-34-27-12-7-8-13-28(27)36(32)3)19-29(31)37(30)20-22-14-16-23(17-15-22)25-10-5-6-11-26(25)33(38)39/h21-29,31H,4-20H2,1-3H3,(H,38,39). The van der Waals surface area contributed by atoms with Crippen LogP contribution in [0.15, 0.2) is 9.98 Å². The van der Waals surface area contributed by atoms with Gasteiger partial charge in [0.25, 0.3) is 0 Å². The Hall–Kier alpha value is -1.59. The number of hydrogen-bond acceptors (Lipinski definition) is 5. The molecular formula is C33H54N4O2. The molecule has 6 rings (SSSR count). The number of fused-ring (bicyclic) bond motifs is 2. The topological polar surface area (TPSA) is 68.5 Å². The maximum absolute atomic E-state index is 11.9. The first-order valence-electron chi connectivity index (χ1n) is 16.8. The Bertz CT molecular complexity index is 940. The summed E-state index contributed by atoms with van der Waals surface area (Å²) in [6.07, 6.45) is 19.4. The first-order valence-corrected chi connectivity index (χ1v) is 16.8. The highest BCUT2D eigenvalue weighted by Gasteiger charge is 2.48. The van der Waals surface area contributed by atoms with Crippen LogP contribution in [0.2, 0.25) is 0 Å². The molecule has 2 heterocycles. The molecule has 4 fully saturated rings. The van der Waals surface area contributed by atoms with Crippen LogP contribution in [0.4, 0.5) is 0 Å². The first kappa shape index (κ1) is 27.6. The molecule has 0 radical (unpaired) electrons. The maximum Gasteiger partial charge on any atom is 0.306 e. The van der Waals surface area contributed by atoms with Crippen LogP contribution in [0, 0.1) is 35.5 Å². The van der Waals surface area contributed by atoms with E-state index in [1.54, 1.807) is 0 Å². The van der Waals surface area contributed by atoms with Gasteiger partial charge in [-0.05, 0) is 94.3 Å². The molecule has 1 N–H and O–H groups in total. The van der Waals surface area contributed by atoms with Crippen molar-refractivity contribution in [3.8, 4) is 0 Å². The molecule has 0 amide bonds. The van der Waals surface area contributed by atoms with Gasteiger partial charge in [0.1, 0.15) is 5.84 Å². The number of rotatable bonds is 7. The number of likely N-dealkylation sites (N-methyl/N-ethyl adjacent to an activating group) is 1. The van der Waals surface area contributed by atoms with Crippen LogP contribution >= 0.6 is 0 Å². The molecular weight excluding hydrogens is 484 g/mol. The number of nitrogens with zero attached hydrogens (tertiary/aromatic N) is 4. The van der Waals surface area contributed by atoms with Gasteiger partial charge in [0.2, 0.25) is 0 Å². The number of aliphatic carboxylic acids is 1. The molecule has 0 aromatic rings. The third-order valence-corrected chi connectivity index (χ3v) is 12.0. The minimum Gasteiger partial charge on any atom is -0.481 e. The monoisotopic (exact) mass is 538 g/mol. The van der Waals surface area contributed by atoms with E-state index in [0.29, 0.717) is 47.8 Å². The van der Waals surface area contributed by atoms with E-state index in [1.807, 2.05) is 0 Å². The van der Waals surface area contributed by atoms with Crippen molar-refractivity contribution < 1.29 is 9.90 Å². The summed E-state index contributed by atoms with van der Waals surface area (Å²) >= 11 is 0. The Kier molecular flexibility index (Phi) is 8.29. The summed E-state index contributed by atoms with van der Waals surface area (Å²) in [5.74, 6) is 5.11. The molecule has 2 aliphatic heterocycles.